The molecule has 0 aliphatic carbocycles. The highest BCUT2D eigenvalue weighted by atomic mass is 32.2. The van der Waals surface area contributed by atoms with Crippen molar-refractivity contribution in [3.63, 3.8) is 0 Å². The van der Waals surface area contributed by atoms with Crippen molar-refractivity contribution in [2.45, 2.75) is 38.0 Å². The van der Waals surface area contributed by atoms with Crippen LogP contribution < -0.4 is 5.32 Å². The minimum absolute atomic E-state index is 0.138. The highest BCUT2D eigenvalue weighted by Crippen LogP contribution is 2.17. The molecule has 2 unspecified atom stereocenters. The van der Waals surface area contributed by atoms with Gasteiger partial charge >= 0.3 is 5.97 Å². The lowest BCUT2D eigenvalue weighted by Gasteiger charge is -2.33. The number of hydrogen-bond donors (Lipinski definition) is 2. The van der Waals surface area contributed by atoms with E-state index in [0.717, 1.165) is 11.2 Å². The van der Waals surface area contributed by atoms with E-state index in [0.29, 0.717) is 19.4 Å². The number of carboxylic acid groups (broad SMARTS) is 1. The van der Waals surface area contributed by atoms with Crippen LogP contribution in [0.25, 0.3) is 0 Å². The highest BCUT2D eigenvalue weighted by Gasteiger charge is 2.36. The van der Waals surface area contributed by atoms with E-state index in [1.54, 1.807) is 0 Å². The van der Waals surface area contributed by atoms with Crippen molar-refractivity contribution >= 4 is 21.9 Å². The molecule has 0 aromatic rings. The van der Waals surface area contributed by atoms with E-state index in [1.807, 2.05) is 0 Å². The summed E-state index contributed by atoms with van der Waals surface area (Å²) >= 11 is 0. The van der Waals surface area contributed by atoms with Gasteiger partial charge in [-0.15, -0.1) is 0 Å². The zero-order valence-electron chi connectivity index (χ0n) is 10.4. The van der Waals surface area contributed by atoms with E-state index in [1.165, 1.54) is 6.92 Å². The van der Waals surface area contributed by atoms with Gasteiger partial charge in [-0.2, -0.15) is 4.31 Å². The molecule has 2 N–H and O–H groups in total. The molecule has 1 aliphatic rings. The summed E-state index contributed by atoms with van der Waals surface area (Å²) in [5, 5.41) is 9.98. The van der Waals surface area contributed by atoms with Gasteiger partial charge in [-0.25, -0.2) is 8.42 Å². The number of amides is 1. The fraction of sp³-hybridized carbons (Fsp3) is 0.800. The van der Waals surface area contributed by atoms with E-state index < -0.39 is 21.2 Å². The smallest absolute Gasteiger partial charge is 0.323 e. The summed E-state index contributed by atoms with van der Waals surface area (Å²) in [6, 6.07) is -0.244. The summed E-state index contributed by atoms with van der Waals surface area (Å²) in [5.74, 6) is -1.58. The Bertz CT molecular complexity index is 434. The number of nitrogens with zero attached hydrogens (tertiary/aromatic N) is 1. The van der Waals surface area contributed by atoms with Gasteiger partial charge in [0.15, 0.2) is 5.25 Å². The first-order valence-corrected chi connectivity index (χ1v) is 7.24. The first-order valence-electron chi connectivity index (χ1n) is 5.74. The van der Waals surface area contributed by atoms with Crippen LogP contribution in [0, 0.1) is 0 Å². The normalized spacial score (nSPS) is 23.3. The van der Waals surface area contributed by atoms with Gasteiger partial charge in [0.2, 0.25) is 15.9 Å². The molecule has 18 heavy (non-hydrogen) atoms. The van der Waals surface area contributed by atoms with Crippen molar-refractivity contribution < 1.29 is 23.1 Å². The number of hydrogen-bond acceptors (Lipinski definition) is 4. The van der Waals surface area contributed by atoms with Crippen LogP contribution in [0.2, 0.25) is 0 Å². The van der Waals surface area contributed by atoms with Crippen molar-refractivity contribution in [1.82, 2.24) is 9.62 Å². The van der Waals surface area contributed by atoms with Gasteiger partial charge in [-0.05, 0) is 19.8 Å². The van der Waals surface area contributed by atoms with Crippen LogP contribution in [0.1, 0.15) is 26.7 Å². The molecule has 7 nitrogen and oxygen atoms in total. The van der Waals surface area contributed by atoms with Crippen molar-refractivity contribution in [2.24, 2.45) is 0 Å². The minimum Gasteiger partial charge on any atom is -0.480 e. The Morgan fingerprint density at radius 3 is 2.56 bits per heavy atom. The summed E-state index contributed by atoms with van der Waals surface area (Å²) in [7, 11) is -3.85. The maximum atomic E-state index is 12.0. The average Bonchev–Trinajstić information content (AvgIpc) is 2.27. The lowest BCUT2D eigenvalue weighted by atomic mass is 10.1. The van der Waals surface area contributed by atoms with Crippen LogP contribution in [0.5, 0.6) is 0 Å². The van der Waals surface area contributed by atoms with E-state index in [2.05, 4.69) is 5.32 Å². The molecule has 1 amide bonds. The van der Waals surface area contributed by atoms with Crippen LogP contribution in [0.15, 0.2) is 0 Å². The SMILES string of the molecule is CC(=O)NC1CCCN(S(=O)(=O)C(C)C(=O)O)C1. The molecular formula is C10H18N2O5S. The van der Waals surface area contributed by atoms with Gasteiger partial charge in [0.1, 0.15) is 0 Å². The van der Waals surface area contributed by atoms with Crippen molar-refractivity contribution in [3.8, 4) is 0 Å². The fourth-order valence-electron chi connectivity index (χ4n) is 1.93. The van der Waals surface area contributed by atoms with Crippen LogP contribution >= 0.6 is 0 Å². The topological polar surface area (TPSA) is 104 Å². The van der Waals surface area contributed by atoms with Gasteiger partial charge in [0, 0.05) is 26.1 Å². The zero-order valence-corrected chi connectivity index (χ0v) is 11.2. The second kappa shape index (κ2) is 5.66. The Kier molecular flexibility index (Phi) is 4.69. The van der Waals surface area contributed by atoms with Crippen LogP contribution in [-0.4, -0.2) is 54.1 Å². The Morgan fingerprint density at radius 1 is 1.44 bits per heavy atom. The lowest BCUT2D eigenvalue weighted by Crippen LogP contribution is -2.52. The Morgan fingerprint density at radius 2 is 2.06 bits per heavy atom. The number of nitrogens with one attached hydrogen (secondary N) is 1. The van der Waals surface area contributed by atoms with E-state index in [9.17, 15) is 18.0 Å². The Balaban J connectivity index is 2.77. The molecule has 0 aromatic carbocycles. The minimum atomic E-state index is -3.85. The number of carbonyl (C=O) groups excluding carboxylic acids is 1. The van der Waals surface area contributed by atoms with Crippen LogP contribution in [-0.2, 0) is 19.6 Å². The van der Waals surface area contributed by atoms with Crippen molar-refractivity contribution in [3.05, 3.63) is 0 Å². The number of carboxylic acids is 1. The first-order chi connectivity index (χ1) is 8.25. The van der Waals surface area contributed by atoms with Crippen molar-refractivity contribution in [2.75, 3.05) is 13.1 Å². The predicted octanol–water partition coefficient (Wildman–Crippen LogP) is -0.610. The lowest BCUT2D eigenvalue weighted by molar-refractivity contribution is -0.136. The van der Waals surface area contributed by atoms with Gasteiger partial charge in [-0.3, -0.25) is 9.59 Å². The second-order valence-corrected chi connectivity index (χ2v) is 6.68. The molecule has 0 spiro atoms. The van der Waals surface area contributed by atoms with Gasteiger partial charge in [0.05, 0.1) is 0 Å². The number of rotatable bonds is 4. The molecule has 1 heterocycles. The third-order valence-corrected chi connectivity index (χ3v) is 5.09. The molecule has 0 radical (unpaired) electrons. The molecule has 0 aromatic heterocycles. The van der Waals surface area contributed by atoms with Gasteiger partial charge < -0.3 is 10.4 Å². The average molecular weight is 278 g/mol. The largest absolute Gasteiger partial charge is 0.480 e. The molecule has 1 aliphatic heterocycles. The van der Waals surface area contributed by atoms with Gasteiger partial charge in [0.25, 0.3) is 0 Å². The summed E-state index contributed by atoms with van der Waals surface area (Å²) < 4.78 is 25.1. The molecule has 104 valence electrons. The highest BCUT2D eigenvalue weighted by molar-refractivity contribution is 7.90. The Hall–Kier alpha value is -1.15. The van der Waals surface area contributed by atoms with E-state index >= 15 is 0 Å². The summed E-state index contributed by atoms with van der Waals surface area (Å²) in [4.78, 5) is 21.7. The first kappa shape index (κ1) is 14.9. The molecule has 1 fully saturated rings. The quantitative estimate of drug-likeness (QED) is 0.714. The summed E-state index contributed by atoms with van der Waals surface area (Å²) in [6.45, 7) is 2.96. The number of carbonyl (C=O) groups is 2. The molecule has 1 rings (SSSR count). The summed E-state index contributed by atoms with van der Waals surface area (Å²) in [6.07, 6.45) is 1.31. The zero-order chi connectivity index (χ0) is 13.9. The predicted molar refractivity (Wildman–Crippen MR) is 64.4 cm³/mol. The van der Waals surface area contributed by atoms with E-state index in [4.69, 9.17) is 5.11 Å². The third-order valence-electron chi connectivity index (χ3n) is 2.95. The molecule has 0 bridgehead atoms. The van der Waals surface area contributed by atoms with Crippen LogP contribution in [0.3, 0.4) is 0 Å². The molecule has 0 saturated carbocycles. The van der Waals surface area contributed by atoms with Crippen LogP contribution in [0.4, 0.5) is 0 Å². The molecule has 8 heteroatoms. The van der Waals surface area contributed by atoms with Gasteiger partial charge in [-0.1, -0.05) is 0 Å². The maximum Gasteiger partial charge on any atom is 0.323 e. The molecule has 2 atom stereocenters. The standard InChI is InChI=1S/C10H18N2O5S/c1-7(10(14)15)18(16,17)12-5-3-4-9(6-12)11-8(2)13/h7,9H,3-6H2,1-2H3,(H,11,13)(H,14,15). The number of sulfonamides is 1. The van der Waals surface area contributed by atoms with Crippen molar-refractivity contribution in [1.29, 1.82) is 0 Å². The third kappa shape index (κ3) is 3.42. The van der Waals surface area contributed by atoms with E-state index in [-0.39, 0.29) is 18.5 Å². The maximum absolute atomic E-state index is 12.0. The fourth-order valence-corrected chi connectivity index (χ4v) is 3.40. The summed E-state index contributed by atoms with van der Waals surface area (Å²) in [5.41, 5.74) is 0. The number of piperidine rings is 1. The molecular weight excluding hydrogens is 260 g/mol. The Labute approximate surface area is 106 Å². The second-order valence-electron chi connectivity index (χ2n) is 4.42. The number of aliphatic carboxylic acids is 1. The molecule has 1 saturated heterocycles. The monoisotopic (exact) mass is 278 g/mol.